The van der Waals surface area contributed by atoms with E-state index in [2.05, 4.69) is 0 Å². The van der Waals surface area contributed by atoms with Gasteiger partial charge in [0.1, 0.15) is 5.82 Å². The third-order valence-corrected chi connectivity index (χ3v) is 5.76. The smallest absolute Gasteiger partial charge is 0.218 e. The van der Waals surface area contributed by atoms with E-state index in [0.717, 1.165) is 6.42 Å². The van der Waals surface area contributed by atoms with Crippen molar-refractivity contribution >= 4 is 34.0 Å². The predicted octanol–water partition coefficient (Wildman–Crippen LogP) is 2.40. The minimum atomic E-state index is -3.41. The molecule has 8 heteroatoms. The summed E-state index contributed by atoms with van der Waals surface area (Å²) in [4.78, 5) is 0. The van der Waals surface area contributed by atoms with E-state index in [4.69, 9.17) is 17.3 Å². The van der Waals surface area contributed by atoms with Gasteiger partial charge >= 0.3 is 0 Å². The molecular weight excluding hydrogens is 338 g/mol. The Morgan fingerprint density at radius 1 is 1.52 bits per heavy atom. The van der Waals surface area contributed by atoms with Gasteiger partial charge in [0, 0.05) is 19.1 Å². The van der Waals surface area contributed by atoms with E-state index in [1.807, 2.05) is 6.92 Å². The number of hydrogen-bond donors (Lipinski definition) is 1. The third-order valence-electron chi connectivity index (χ3n) is 3.66. The largest absolute Gasteiger partial charge is 0.328 e. The quantitative estimate of drug-likeness (QED) is 0.900. The Balaban J connectivity index is 0.00000220. The Bertz CT molecular complexity index is 596. The number of sulfonamides is 1. The van der Waals surface area contributed by atoms with Crippen LogP contribution in [0.15, 0.2) is 18.2 Å². The van der Waals surface area contributed by atoms with Crippen molar-refractivity contribution in [2.45, 2.75) is 25.1 Å². The van der Waals surface area contributed by atoms with Crippen molar-refractivity contribution in [3.63, 3.8) is 0 Å². The van der Waals surface area contributed by atoms with Gasteiger partial charge in [0.05, 0.1) is 10.8 Å². The van der Waals surface area contributed by atoms with E-state index in [0.29, 0.717) is 18.7 Å². The number of benzene rings is 1. The summed E-state index contributed by atoms with van der Waals surface area (Å²) >= 11 is 5.67. The molecule has 0 radical (unpaired) electrons. The minimum absolute atomic E-state index is 0. The lowest BCUT2D eigenvalue weighted by atomic mass is 10.0. The molecule has 0 aromatic heterocycles. The van der Waals surface area contributed by atoms with Crippen LogP contribution in [0.1, 0.15) is 18.9 Å². The van der Waals surface area contributed by atoms with Gasteiger partial charge in [-0.25, -0.2) is 17.1 Å². The molecule has 4 nitrogen and oxygen atoms in total. The second-order valence-electron chi connectivity index (χ2n) is 5.27. The lowest BCUT2D eigenvalue weighted by Gasteiger charge is -2.18. The summed E-state index contributed by atoms with van der Waals surface area (Å²) in [5.41, 5.74) is 6.30. The van der Waals surface area contributed by atoms with Gasteiger partial charge in [0.25, 0.3) is 0 Å². The maximum absolute atomic E-state index is 13.1. The van der Waals surface area contributed by atoms with Crippen LogP contribution >= 0.6 is 24.0 Å². The number of nitrogens with zero attached hydrogens (tertiary/aromatic N) is 1. The van der Waals surface area contributed by atoms with Crippen LogP contribution in [0, 0.1) is 11.7 Å². The molecule has 0 aliphatic carbocycles. The van der Waals surface area contributed by atoms with Crippen LogP contribution in [-0.2, 0) is 15.8 Å². The fourth-order valence-corrected chi connectivity index (χ4v) is 4.16. The van der Waals surface area contributed by atoms with E-state index in [1.54, 1.807) is 0 Å². The van der Waals surface area contributed by atoms with Gasteiger partial charge in [-0.05, 0) is 37.0 Å². The first-order valence-corrected chi connectivity index (χ1v) is 8.45. The molecule has 1 heterocycles. The second kappa shape index (κ2) is 7.24. The Morgan fingerprint density at radius 2 is 2.19 bits per heavy atom. The normalized spacial score (nSPS) is 21.0. The summed E-state index contributed by atoms with van der Waals surface area (Å²) < 4.78 is 39.2. The summed E-state index contributed by atoms with van der Waals surface area (Å²) in [6.07, 6.45) is 0.779. The molecule has 1 fully saturated rings. The molecule has 1 aliphatic heterocycles. The van der Waals surface area contributed by atoms with Crippen molar-refractivity contribution in [1.29, 1.82) is 0 Å². The summed E-state index contributed by atoms with van der Waals surface area (Å²) in [5.74, 6) is -0.522. The highest BCUT2D eigenvalue weighted by Gasteiger charge is 2.32. The van der Waals surface area contributed by atoms with Crippen molar-refractivity contribution in [3.8, 4) is 0 Å². The molecule has 2 atom stereocenters. The van der Waals surface area contributed by atoms with Gasteiger partial charge in [-0.15, -0.1) is 12.4 Å². The van der Waals surface area contributed by atoms with Crippen LogP contribution in [0.4, 0.5) is 4.39 Å². The molecule has 0 saturated carbocycles. The molecule has 2 N–H and O–H groups in total. The lowest BCUT2D eigenvalue weighted by Crippen LogP contribution is -2.33. The Hall–Kier alpha value is -0.400. The van der Waals surface area contributed by atoms with Crippen LogP contribution in [0.2, 0.25) is 5.02 Å². The summed E-state index contributed by atoms with van der Waals surface area (Å²) in [6.45, 7) is 2.83. The molecule has 1 aliphatic rings. The fourth-order valence-electron chi connectivity index (χ4n) is 2.37. The van der Waals surface area contributed by atoms with E-state index in [1.165, 1.54) is 22.5 Å². The van der Waals surface area contributed by atoms with Gasteiger partial charge < -0.3 is 5.73 Å². The average molecular weight is 357 g/mol. The van der Waals surface area contributed by atoms with Crippen LogP contribution in [-0.4, -0.2) is 31.9 Å². The molecule has 2 rings (SSSR count). The zero-order chi connectivity index (χ0) is 14.9. The van der Waals surface area contributed by atoms with E-state index in [-0.39, 0.29) is 35.1 Å². The maximum Gasteiger partial charge on any atom is 0.218 e. The molecule has 120 valence electrons. The topological polar surface area (TPSA) is 63.4 Å². The van der Waals surface area contributed by atoms with Crippen molar-refractivity contribution in [3.05, 3.63) is 34.6 Å². The molecular formula is C13H19Cl2FN2O2S. The van der Waals surface area contributed by atoms with Gasteiger partial charge in [-0.2, -0.15) is 0 Å². The van der Waals surface area contributed by atoms with Crippen molar-refractivity contribution in [2.75, 3.05) is 13.1 Å². The molecule has 21 heavy (non-hydrogen) atoms. The Labute approximate surface area is 135 Å². The maximum atomic E-state index is 13.1. The summed E-state index contributed by atoms with van der Waals surface area (Å²) in [5, 5.41) is -0.0624. The molecule has 0 spiro atoms. The number of nitrogens with two attached hydrogens (primary N) is 1. The zero-order valence-corrected chi connectivity index (χ0v) is 14.0. The molecule has 0 amide bonds. The average Bonchev–Trinajstić information content (AvgIpc) is 2.84. The highest BCUT2D eigenvalue weighted by molar-refractivity contribution is 7.88. The molecule has 0 bridgehead atoms. The fraction of sp³-hybridized carbons (Fsp3) is 0.538. The van der Waals surface area contributed by atoms with Crippen LogP contribution in [0.5, 0.6) is 0 Å². The standard InChI is InChI=1S/C13H18ClFN2O2S.ClH/c1-9(16)11-4-5-17(7-11)20(18,19)8-10-2-3-13(15)12(14)6-10;/h2-3,6,9,11H,4-5,7-8,16H2,1H3;1H. The number of halogens is 3. The summed E-state index contributed by atoms with van der Waals surface area (Å²) in [7, 11) is -3.41. The van der Waals surface area contributed by atoms with Crippen molar-refractivity contribution in [2.24, 2.45) is 11.7 Å². The first-order chi connectivity index (χ1) is 9.29. The lowest BCUT2D eigenvalue weighted by molar-refractivity contribution is 0.428. The van der Waals surface area contributed by atoms with Gasteiger partial charge in [0.2, 0.25) is 10.0 Å². The third kappa shape index (κ3) is 4.53. The minimum Gasteiger partial charge on any atom is -0.328 e. The zero-order valence-electron chi connectivity index (χ0n) is 11.6. The van der Waals surface area contributed by atoms with Crippen LogP contribution in [0.3, 0.4) is 0 Å². The van der Waals surface area contributed by atoms with E-state index < -0.39 is 15.8 Å². The number of hydrogen-bond acceptors (Lipinski definition) is 3. The van der Waals surface area contributed by atoms with Gasteiger partial charge in [-0.1, -0.05) is 17.7 Å². The second-order valence-corrected chi connectivity index (χ2v) is 7.65. The predicted molar refractivity (Wildman–Crippen MR) is 84.6 cm³/mol. The Kier molecular flexibility index (Phi) is 6.43. The monoisotopic (exact) mass is 356 g/mol. The van der Waals surface area contributed by atoms with Crippen LogP contribution in [0.25, 0.3) is 0 Å². The molecule has 1 aromatic rings. The highest BCUT2D eigenvalue weighted by atomic mass is 35.5. The van der Waals surface area contributed by atoms with Crippen molar-refractivity contribution in [1.82, 2.24) is 4.31 Å². The van der Waals surface area contributed by atoms with Crippen molar-refractivity contribution < 1.29 is 12.8 Å². The Morgan fingerprint density at radius 3 is 2.71 bits per heavy atom. The first-order valence-electron chi connectivity index (χ1n) is 6.47. The van der Waals surface area contributed by atoms with E-state index >= 15 is 0 Å². The number of rotatable bonds is 4. The summed E-state index contributed by atoms with van der Waals surface area (Å²) in [6, 6.07) is 3.96. The van der Waals surface area contributed by atoms with Gasteiger partial charge in [-0.3, -0.25) is 0 Å². The molecule has 2 unspecified atom stereocenters. The van der Waals surface area contributed by atoms with Crippen LogP contribution < -0.4 is 5.73 Å². The highest BCUT2D eigenvalue weighted by Crippen LogP contribution is 2.24. The molecule has 1 saturated heterocycles. The van der Waals surface area contributed by atoms with Gasteiger partial charge in [0.15, 0.2) is 0 Å². The first kappa shape index (κ1) is 18.6. The molecule has 1 aromatic carbocycles. The van der Waals surface area contributed by atoms with E-state index in [9.17, 15) is 12.8 Å². The SMILES string of the molecule is CC(N)C1CCN(S(=O)(=O)Cc2ccc(F)c(Cl)c2)C1.Cl.